The molecule has 0 spiro atoms. The first kappa shape index (κ1) is 17.0. The lowest BCUT2D eigenvalue weighted by molar-refractivity contribution is -0.306. The van der Waals surface area contributed by atoms with Crippen molar-refractivity contribution in [2.45, 2.75) is 19.8 Å². The number of anilines is 1. The number of rotatable bonds is 6. The topological polar surface area (TPSA) is 69.2 Å². The van der Waals surface area contributed by atoms with Crippen LogP contribution in [0.2, 0.25) is 5.02 Å². The Morgan fingerprint density at radius 1 is 1.09 bits per heavy atom. The standard InChI is InChI=1S/C18H18ClNO3/c1-12-2-4-13(5-3-12)10-14(11-17(21)22)18(23)20-16-8-6-15(19)7-9-16/h2-9,14H,10-11H2,1H3,(H,20,23)(H,21,22)/p-1/t14-/m0/s1. The van der Waals surface area contributed by atoms with E-state index in [9.17, 15) is 14.7 Å². The fraction of sp³-hybridized carbons (Fsp3) is 0.222. The Bertz CT molecular complexity index is 680. The van der Waals surface area contributed by atoms with E-state index in [0.717, 1.165) is 11.1 Å². The lowest BCUT2D eigenvalue weighted by Crippen LogP contribution is -2.32. The highest BCUT2D eigenvalue weighted by Gasteiger charge is 2.19. The molecule has 0 saturated heterocycles. The van der Waals surface area contributed by atoms with Gasteiger partial charge in [0.05, 0.1) is 0 Å². The summed E-state index contributed by atoms with van der Waals surface area (Å²) >= 11 is 5.80. The minimum atomic E-state index is -1.24. The smallest absolute Gasteiger partial charge is 0.228 e. The molecule has 2 aromatic carbocycles. The zero-order chi connectivity index (χ0) is 16.8. The van der Waals surface area contributed by atoms with Crippen molar-refractivity contribution in [2.24, 2.45) is 5.92 Å². The lowest BCUT2D eigenvalue weighted by Gasteiger charge is -2.17. The number of amides is 1. The Labute approximate surface area is 140 Å². The number of benzene rings is 2. The summed E-state index contributed by atoms with van der Waals surface area (Å²) in [6.07, 6.45) is 0.0149. The number of carbonyl (C=O) groups excluding carboxylic acids is 2. The zero-order valence-corrected chi connectivity index (χ0v) is 13.5. The molecule has 5 heteroatoms. The number of aliphatic carboxylic acids is 1. The van der Waals surface area contributed by atoms with Gasteiger partial charge in [0.25, 0.3) is 0 Å². The summed E-state index contributed by atoms with van der Waals surface area (Å²) in [5.74, 6) is -2.29. The summed E-state index contributed by atoms with van der Waals surface area (Å²) in [6, 6.07) is 14.3. The molecule has 0 saturated carbocycles. The molecule has 23 heavy (non-hydrogen) atoms. The van der Waals surface area contributed by atoms with Crippen molar-refractivity contribution in [1.29, 1.82) is 0 Å². The monoisotopic (exact) mass is 330 g/mol. The maximum absolute atomic E-state index is 12.4. The van der Waals surface area contributed by atoms with Gasteiger partial charge in [-0.15, -0.1) is 0 Å². The predicted molar refractivity (Wildman–Crippen MR) is 88.1 cm³/mol. The molecule has 2 rings (SSSR count). The highest BCUT2D eigenvalue weighted by molar-refractivity contribution is 6.30. The van der Waals surface area contributed by atoms with Gasteiger partial charge in [-0.3, -0.25) is 4.79 Å². The van der Waals surface area contributed by atoms with E-state index in [1.165, 1.54) is 0 Å². The molecule has 0 radical (unpaired) electrons. The highest BCUT2D eigenvalue weighted by atomic mass is 35.5. The maximum atomic E-state index is 12.4. The van der Waals surface area contributed by atoms with Crippen LogP contribution in [0, 0.1) is 12.8 Å². The van der Waals surface area contributed by atoms with Gasteiger partial charge in [-0.05, 0) is 49.6 Å². The highest BCUT2D eigenvalue weighted by Crippen LogP contribution is 2.18. The molecule has 0 aliphatic rings. The molecule has 0 unspecified atom stereocenters. The number of nitrogens with one attached hydrogen (secondary N) is 1. The van der Waals surface area contributed by atoms with Crippen molar-refractivity contribution in [1.82, 2.24) is 0 Å². The Morgan fingerprint density at radius 3 is 2.26 bits per heavy atom. The van der Waals surface area contributed by atoms with Crippen LogP contribution in [-0.2, 0) is 16.0 Å². The Kier molecular flexibility index (Phi) is 5.77. The predicted octanol–water partition coefficient (Wildman–Crippen LogP) is 2.59. The Hall–Kier alpha value is -2.33. The third kappa shape index (κ3) is 5.42. The van der Waals surface area contributed by atoms with Crippen molar-refractivity contribution >= 4 is 29.2 Å². The number of halogens is 1. The zero-order valence-electron chi connectivity index (χ0n) is 12.7. The summed E-state index contributed by atoms with van der Waals surface area (Å²) in [7, 11) is 0. The fourth-order valence-electron chi connectivity index (χ4n) is 2.24. The van der Waals surface area contributed by atoms with Gasteiger partial charge in [0.15, 0.2) is 0 Å². The van der Waals surface area contributed by atoms with Gasteiger partial charge in [0.1, 0.15) is 0 Å². The third-order valence-corrected chi connectivity index (χ3v) is 3.75. The minimum absolute atomic E-state index is 0.326. The first-order valence-electron chi connectivity index (χ1n) is 7.26. The van der Waals surface area contributed by atoms with Gasteiger partial charge in [-0.1, -0.05) is 41.4 Å². The molecule has 0 aliphatic heterocycles. The van der Waals surface area contributed by atoms with Crippen molar-refractivity contribution < 1.29 is 14.7 Å². The molecule has 0 aliphatic carbocycles. The molecule has 120 valence electrons. The Balaban J connectivity index is 2.09. The van der Waals surface area contributed by atoms with Gasteiger partial charge in [-0.25, -0.2) is 0 Å². The SMILES string of the molecule is Cc1ccc(C[C@@H](CC(=O)[O-])C(=O)Nc2ccc(Cl)cc2)cc1. The van der Waals surface area contributed by atoms with Crippen LogP contribution in [0.3, 0.4) is 0 Å². The van der Waals surface area contributed by atoms with Gasteiger partial charge in [0, 0.05) is 22.6 Å². The summed E-state index contributed by atoms with van der Waals surface area (Å²) in [4.78, 5) is 23.3. The molecule has 1 N–H and O–H groups in total. The number of carboxylic acids is 1. The van der Waals surface area contributed by atoms with E-state index in [-0.39, 0.29) is 12.3 Å². The van der Waals surface area contributed by atoms with Gasteiger partial charge in [0.2, 0.25) is 5.91 Å². The second-order valence-electron chi connectivity index (χ2n) is 5.46. The second-order valence-corrected chi connectivity index (χ2v) is 5.90. The second kappa shape index (κ2) is 7.79. The first-order valence-corrected chi connectivity index (χ1v) is 7.63. The van der Waals surface area contributed by atoms with Gasteiger partial charge >= 0.3 is 0 Å². The van der Waals surface area contributed by atoms with Crippen LogP contribution in [0.15, 0.2) is 48.5 Å². The third-order valence-electron chi connectivity index (χ3n) is 3.50. The van der Waals surface area contributed by atoms with Gasteiger partial charge in [-0.2, -0.15) is 0 Å². The van der Waals surface area contributed by atoms with Crippen LogP contribution < -0.4 is 10.4 Å². The number of carbonyl (C=O) groups is 2. The van der Waals surface area contributed by atoms with E-state index >= 15 is 0 Å². The average molecular weight is 331 g/mol. The Morgan fingerprint density at radius 2 is 1.70 bits per heavy atom. The normalized spacial score (nSPS) is 11.7. The average Bonchev–Trinajstić information content (AvgIpc) is 2.50. The van der Waals surface area contributed by atoms with Crippen LogP contribution in [0.4, 0.5) is 5.69 Å². The largest absolute Gasteiger partial charge is 0.550 e. The van der Waals surface area contributed by atoms with E-state index in [2.05, 4.69) is 5.32 Å². The summed E-state index contributed by atoms with van der Waals surface area (Å²) in [5.41, 5.74) is 2.59. The van der Waals surface area contributed by atoms with E-state index < -0.39 is 11.9 Å². The molecule has 0 bridgehead atoms. The minimum Gasteiger partial charge on any atom is -0.550 e. The van der Waals surface area contributed by atoms with Crippen molar-refractivity contribution in [2.75, 3.05) is 5.32 Å². The quantitative estimate of drug-likeness (QED) is 0.885. The molecule has 2 aromatic rings. The van der Waals surface area contributed by atoms with Crippen molar-refractivity contribution in [3.63, 3.8) is 0 Å². The summed E-state index contributed by atoms with van der Waals surface area (Å²) < 4.78 is 0. The van der Waals surface area contributed by atoms with Crippen LogP contribution in [0.25, 0.3) is 0 Å². The van der Waals surface area contributed by atoms with Crippen molar-refractivity contribution in [3.05, 3.63) is 64.7 Å². The molecular weight excluding hydrogens is 314 g/mol. The summed E-state index contributed by atoms with van der Waals surface area (Å²) in [5, 5.41) is 14.2. The molecule has 0 heterocycles. The van der Waals surface area contributed by atoms with E-state index in [1.807, 2.05) is 31.2 Å². The van der Waals surface area contributed by atoms with E-state index in [0.29, 0.717) is 17.1 Å². The fourth-order valence-corrected chi connectivity index (χ4v) is 2.37. The maximum Gasteiger partial charge on any atom is 0.228 e. The van der Waals surface area contributed by atoms with Gasteiger partial charge < -0.3 is 15.2 Å². The lowest BCUT2D eigenvalue weighted by atomic mass is 9.94. The van der Waals surface area contributed by atoms with Crippen LogP contribution in [0.5, 0.6) is 0 Å². The van der Waals surface area contributed by atoms with Crippen LogP contribution in [-0.4, -0.2) is 11.9 Å². The molecule has 0 aromatic heterocycles. The molecule has 1 atom stereocenters. The van der Waals surface area contributed by atoms with E-state index in [1.54, 1.807) is 24.3 Å². The molecule has 0 fully saturated rings. The summed E-state index contributed by atoms with van der Waals surface area (Å²) in [6.45, 7) is 1.97. The number of aryl methyl sites for hydroxylation is 1. The van der Waals surface area contributed by atoms with E-state index in [4.69, 9.17) is 11.6 Å². The van der Waals surface area contributed by atoms with Crippen molar-refractivity contribution in [3.8, 4) is 0 Å². The molecule has 4 nitrogen and oxygen atoms in total. The number of carboxylic acid groups (broad SMARTS) is 1. The van der Waals surface area contributed by atoms with Crippen LogP contribution >= 0.6 is 11.6 Å². The number of hydrogen-bond acceptors (Lipinski definition) is 3. The number of hydrogen-bond donors (Lipinski definition) is 1. The van der Waals surface area contributed by atoms with Crippen LogP contribution in [0.1, 0.15) is 17.5 Å². The molecular formula is C18H17ClNO3-. The molecule has 1 amide bonds. The first-order chi connectivity index (χ1) is 10.9.